The van der Waals surface area contributed by atoms with Crippen molar-refractivity contribution in [2.75, 3.05) is 33.9 Å². The number of esters is 1. The number of likely N-dealkylation sites (tertiary alicyclic amines) is 1. The van der Waals surface area contributed by atoms with Crippen molar-refractivity contribution in [3.8, 4) is 0 Å². The van der Waals surface area contributed by atoms with E-state index in [1.165, 1.54) is 6.92 Å². The van der Waals surface area contributed by atoms with Crippen molar-refractivity contribution in [3.63, 3.8) is 0 Å². The number of aromatic nitrogens is 3. The lowest BCUT2D eigenvalue weighted by Gasteiger charge is -2.40. The van der Waals surface area contributed by atoms with Gasteiger partial charge in [-0.2, -0.15) is 0 Å². The number of ether oxygens (including phenoxy) is 2. The molecule has 0 unspecified atom stereocenters. The first-order valence-corrected chi connectivity index (χ1v) is 19.0. The van der Waals surface area contributed by atoms with E-state index in [4.69, 9.17) is 9.47 Å². The van der Waals surface area contributed by atoms with Crippen LogP contribution in [0.4, 0.5) is 0 Å². The Balaban J connectivity index is 1.50. The van der Waals surface area contributed by atoms with Crippen molar-refractivity contribution in [1.82, 2.24) is 30.1 Å². The van der Waals surface area contributed by atoms with E-state index in [-0.39, 0.29) is 67.0 Å². The Morgan fingerprint density at radius 2 is 1.81 bits per heavy atom. The highest BCUT2D eigenvalue weighted by Crippen LogP contribution is 2.33. The number of piperidine rings is 1. The minimum absolute atomic E-state index is 0.0471. The van der Waals surface area contributed by atoms with Crippen molar-refractivity contribution in [3.05, 3.63) is 39.9 Å². The van der Waals surface area contributed by atoms with Gasteiger partial charge in [0.2, 0.25) is 5.91 Å². The van der Waals surface area contributed by atoms with E-state index in [2.05, 4.69) is 25.2 Å². The summed E-state index contributed by atoms with van der Waals surface area (Å²) in [7, 11) is 3.70. The third-order valence-electron chi connectivity index (χ3n) is 10.2. The summed E-state index contributed by atoms with van der Waals surface area (Å²) < 4.78 is 11.2. The zero-order valence-electron chi connectivity index (χ0n) is 31.4. The molecule has 15 heteroatoms. The summed E-state index contributed by atoms with van der Waals surface area (Å²) >= 11 is 1.16. The number of carboxylic acid groups (broad SMARTS) is 1. The average Bonchev–Trinajstić information content (AvgIpc) is 3.56. The zero-order valence-corrected chi connectivity index (χ0v) is 32.2. The fraction of sp³-hybridized carbons (Fsp3) is 0.676. The topological polar surface area (TPSA) is 181 Å². The molecule has 2 aliphatic heterocycles. The van der Waals surface area contributed by atoms with Crippen molar-refractivity contribution in [1.29, 1.82) is 0 Å². The Morgan fingerprint density at radius 3 is 2.38 bits per heavy atom. The van der Waals surface area contributed by atoms with Gasteiger partial charge in [0.05, 0.1) is 31.1 Å². The molecule has 0 saturated carbocycles. The maximum Gasteiger partial charge on any atom is 0.306 e. The number of thiazole rings is 1. The molecular weight excluding hydrogens is 689 g/mol. The summed E-state index contributed by atoms with van der Waals surface area (Å²) in [4.78, 5) is 82.2. The quantitative estimate of drug-likeness (QED) is 0.211. The van der Waals surface area contributed by atoms with Gasteiger partial charge in [-0.1, -0.05) is 27.2 Å². The number of carboxylic acids is 1. The Labute approximate surface area is 310 Å². The van der Waals surface area contributed by atoms with Crippen LogP contribution in [0.1, 0.15) is 99.2 Å². The molecule has 0 radical (unpaired) electrons. The SMILES string of the molecule is CC(=O)O[C@H](C[C@H](C(C)C)N(C)C(=O)[C@@H](CC(=O)[C@H]1CCCCN1C)C1COC1)c1nc(C(=O)N[C@@H](Cc2ncc(C)cn2)C[C@H](C)C(=O)O)cs1. The highest BCUT2D eigenvalue weighted by Gasteiger charge is 2.41. The van der Waals surface area contributed by atoms with Crippen LogP contribution < -0.4 is 5.32 Å². The number of rotatable bonds is 18. The van der Waals surface area contributed by atoms with Crippen LogP contribution in [-0.2, 0) is 35.1 Å². The Bertz CT molecular complexity index is 1550. The first kappa shape index (κ1) is 40.9. The Kier molecular flexibility index (Phi) is 14.8. The number of nitrogens with zero attached hydrogens (tertiary/aromatic N) is 5. The van der Waals surface area contributed by atoms with Gasteiger partial charge < -0.3 is 24.8 Å². The number of likely N-dealkylation sites (N-methyl/N-ethyl adjacent to an activating group) is 1. The highest BCUT2D eigenvalue weighted by molar-refractivity contribution is 7.09. The molecule has 4 rings (SSSR count). The Morgan fingerprint density at radius 1 is 1.12 bits per heavy atom. The van der Waals surface area contributed by atoms with E-state index in [0.717, 1.165) is 42.7 Å². The molecule has 286 valence electrons. The zero-order chi connectivity index (χ0) is 38.1. The van der Waals surface area contributed by atoms with Crippen molar-refractivity contribution < 1.29 is 38.6 Å². The number of hydrogen-bond donors (Lipinski definition) is 2. The summed E-state index contributed by atoms with van der Waals surface area (Å²) in [6.07, 6.45) is 6.08. The van der Waals surface area contributed by atoms with Gasteiger partial charge in [0.1, 0.15) is 16.5 Å². The van der Waals surface area contributed by atoms with Crippen LogP contribution in [0.5, 0.6) is 0 Å². The van der Waals surface area contributed by atoms with E-state index in [9.17, 15) is 29.1 Å². The van der Waals surface area contributed by atoms with Crippen LogP contribution in [0.2, 0.25) is 0 Å². The molecule has 2 aliphatic rings. The van der Waals surface area contributed by atoms with Gasteiger partial charge in [0.25, 0.3) is 5.91 Å². The maximum absolute atomic E-state index is 14.2. The third-order valence-corrected chi connectivity index (χ3v) is 11.1. The van der Waals surface area contributed by atoms with Crippen molar-refractivity contribution in [2.45, 2.75) is 104 Å². The minimum atomic E-state index is -0.983. The van der Waals surface area contributed by atoms with Gasteiger partial charge in [0, 0.05) is 69.0 Å². The summed E-state index contributed by atoms with van der Waals surface area (Å²) in [5, 5.41) is 14.4. The fourth-order valence-electron chi connectivity index (χ4n) is 6.96. The van der Waals surface area contributed by atoms with Crippen LogP contribution >= 0.6 is 11.3 Å². The van der Waals surface area contributed by atoms with E-state index in [1.54, 1.807) is 36.6 Å². The van der Waals surface area contributed by atoms with Crippen LogP contribution in [0.15, 0.2) is 17.8 Å². The summed E-state index contributed by atoms with van der Waals surface area (Å²) in [6.45, 7) is 10.4. The lowest BCUT2D eigenvalue weighted by atomic mass is 9.82. The first-order chi connectivity index (χ1) is 24.6. The summed E-state index contributed by atoms with van der Waals surface area (Å²) in [6, 6.07) is -1.15. The van der Waals surface area contributed by atoms with Crippen molar-refractivity contribution in [2.24, 2.45) is 23.7 Å². The van der Waals surface area contributed by atoms with Gasteiger partial charge in [-0.25, -0.2) is 15.0 Å². The number of aryl methyl sites for hydroxylation is 1. The second-order valence-electron chi connectivity index (χ2n) is 14.8. The highest BCUT2D eigenvalue weighted by atomic mass is 32.1. The molecule has 14 nitrogen and oxygen atoms in total. The summed E-state index contributed by atoms with van der Waals surface area (Å²) in [5.41, 5.74) is 0.970. The molecule has 2 aromatic rings. The van der Waals surface area contributed by atoms with Gasteiger partial charge in [-0.3, -0.25) is 28.9 Å². The second kappa shape index (κ2) is 18.8. The van der Waals surface area contributed by atoms with E-state index in [1.807, 2.05) is 27.8 Å². The average molecular weight is 743 g/mol. The molecule has 2 fully saturated rings. The van der Waals surface area contributed by atoms with E-state index in [0.29, 0.717) is 24.0 Å². The number of ketones is 1. The largest absolute Gasteiger partial charge is 0.481 e. The van der Waals surface area contributed by atoms with Crippen LogP contribution in [-0.4, -0.2) is 111 Å². The predicted molar refractivity (Wildman–Crippen MR) is 193 cm³/mol. The molecule has 2 N–H and O–H groups in total. The molecule has 2 aromatic heterocycles. The van der Waals surface area contributed by atoms with Crippen LogP contribution in [0.25, 0.3) is 0 Å². The molecule has 0 aromatic carbocycles. The molecule has 4 heterocycles. The number of carbonyl (C=O) groups is 5. The van der Waals surface area contributed by atoms with Crippen molar-refractivity contribution >= 4 is 40.9 Å². The predicted octanol–water partition coefficient (Wildman–Crippen LogP) is 3.88. The lowest BCUT2D eigenvalue weighted by molar-refractivity contribution is -0.153. The number of hydrogen-bond acceptors (Lipinski definition) is 12. The maximum atomic E-state index is 14.2. The van der Waals surface area contributed by atoms with Gasteiger partial charge >= 0.3 is 11.9 Å². The normalized spacial score (nSPS) is 19.5. The molecular formula is C37H54N6O8S. The number of Topliss-reactive ketones (excluding diaryl/α,β-unsaturated/α-hetero) is 1. The number of carbonyl (C=O) groups excluding carboxylic acids is 4. The number of aliphatic carboxylic acids is 1. The van der Waals surface area contributed by atoms with Crippen LogP contribution in [0.3, 0.4) is 0 Å². The van der Waals surface area contributed by atoms with Gasteiger partial charge in [-0.15, -0.1) is 11.3 Å². The molecule has 2 saturated heterocycles. The van der Waals surface area contributed by atoms with E-state index >= 15 is 0 Å². The Hall–Kier alpha value is -3.82. The second-order valence-corrected chi connectivity index (χ2v) is 15.6. The van der Waals surface area contributed by atoms with Gasteiger partial charge in [0.15, 0.2) is 11.9 Å². The van der Waals surface area contributed by atoms with Crippen LogP contribution in [0, 0.1) is 30.6 Å². The molecule has 0 bridgehead atoms. The molecule has 2 amide bonds. The molecule has 6 atom stereocenters. The minimum Gasteiger partial charge on any atom is -0.481 e. The molecule has 0 aliphatic carbocycles. The standard InChI is InChI=1S/C37H54N6O8S/c1-21(2)30(43(7)36(47)27(25-18-50-19-25)14-31(45)29-10-8-9-11-42(29)6)15-32(51-24(5)44)35-41-28(20-52-35)34(46)40-26(12-23(4)37(48)49)13-33-38-16-22(3)17-39-33/h16-17,20-21,23,25-27,29-30,32H,8-15,18-19H2,1-7H3,(H,40,46)(H,48,49)/t23-,26+,27-,29+,30+,32+/m0/s1. The molecule has 52 heavy (non-hydrogen) atoms. The molecule has 0 spiro atoms. The fourth-order valence-corrected chi connectivity index (χ4v) is 7.80. The summed E-state index contributed by atoms with van der Waals surface area (Å²) in [5.74, 6) is -2.96. The number of amides is 2. The monoisotopic (exact) mass is 742 g/mol. The lowest BCUT2D eigenvalue weighted by Crippen LogP contribution is -2.51. The van der Waals surface area contributed by atoms with E-state index < -0.39 is 41.8 Å². The smallest absolute Gasteiger partial charge is 0.306 e. The third kappa shape index (κ3) is 11.1. The first-order valence-electron chi connectivity index (χ1n) is 18.2. The number of nitrogens with one attached hydrogen (secondary N) is 1. The van der Waals surface area contributed by atoms with Gasteiger partial charge in [-0.05, 0) is 51.3 Å².